The fourth-order valence-electron chi connectivity index (χ4n) is 3.72. The number of rotatable bonds is 7. The summed E-state index contributed by atoms with van der Waals surface area (Å²) in [5.41, 5.74) is 2.15. The Morgan fingerprint density at radius 1 is 1.30 bits per heavy atom. The number of alkyl halides is 3. The molecule has 1 aliphatic heterocycles. The number of pyridine rings is 2. The molecule has 1 saturated heterocycles. The van der Waals surface area contributed by atoms with E-state index in [1.165, 1.54) is 6.20 Å². The first-order valence-electron chi connectivity index (χ1n) is 10.6. The molecule has 176 valence electrons. The van der Waals surface area contributed by atoms with E-state index in [1.54, 1.807) is 36.1 Å². The number of nitrogens with one attached hydrogen (secondary N) is 1. The first-order valence-corrected chi connectivity index (χ1v) is 10.6. The van der Waals surface area contributed by atoms with Crippen molar-refractivity contribution in [2.45, 2.75) is 32.5 Å². The molecule has 4 rings (SSSR count). The van der Waals surface area contributed by atoms with Gasteiger partial charge >= 0.3 is 6.18 Å². The van der Waals surface area contributed by atoms with Gasteiger partial charge in [-0.05, 0) is 43.4 Å². The van der Waals surface area contributed by atoms with Crippen LogP contribution in [0.25, 0.3) is 10.9 Å². The largest absolute Gasteiger partial charge is 0.468 e. The predicted octanol–water partition coefficient (Wildman–Crippen LogP) is 3.28. The first-order chi connectivity index (χ1) is 15.8. The molecule has 33 heavy (non-hydrogen) atoms. The normalized spacial score (nSPS) is 15.0. The van der Waals surface area contributed by atoms with Gasteiger partial charge in [-0.3, -0.25) is 14.5 Å². The molecular weight excluding hydrogens is 439 g/mol. The molecule has 1 fully saturated rings. The van der Waals surface area contributed by atoms with Crippen molar-refractivity contribution in [3.05, 3.63) is 47.5 Å². The molecule has 0 bridgehead atoms. The van der Waals surface area contributed by atoms with Crippen molar-refractivity contribution < 1.29 is 27.4 Å². The monoisotopic (exact) mass is 463 g/mol. The van der Waals surface area contributed by atoms with Crippen LogP contribution < -0.4 is 10.1 Å². The van der Waals surface area contributed by atoms with Gasteiger partial charge in [-0.1, -0.05) is 0 Å². The smallest absolute Gasteiger partial charge is 0.422 e. The van der Waals surface area contributed by atoms with E-state index in [-0.39, 0.29) is 11.8 Å². The summed E-state index contributed by atoms with van der Waals surface area (Å²) >= 11 is 0. The Hall–Kier alpha value is -3.21. The van der Waals surface area contributed by atoms with Gasteiger partial charge in [0.25, 0.3) is 5.91 Å². The SMILES string of the molecule is Cc1cc(Cn2cc3c(C(=O)NCC4CCOCC4)nccc3n2)cnc1OCC(F)(F)F. The minimum atomic E-state index is -4.43. The molecule has 0 aliphatic carbocycles. The summed E-state index contributed by atoms with van der Waals surface area (Å²) in [6, 6.07) is 3.42. The highest BCUT2D eigenvalue weighted by molar-refractivity contribution is 6.04. The van der Waals surface area contributed by atoms with E-state index in [1.807, 2.05) is 0 Å². The Bertz CT molecular complexity index is 1130. The second-order valence-corrected chi connectivity index (χ2v) is 8.05. The van der Waals surface area contributed by atoms with E-state index < -0.39 is 12.8 Å². The summed E-state index contributed by atoms with van der Waals surface area (Å²) in [5, 5.41) is 8.07. The lowest BCUT2D eigenvalue weighted by molar-refractivity contribution is -0.154. The lowest BCUT2D eigenvalue weighted by Crippen LogP contribution is -2.32. The van der Waals surface area contributed by atoms with Crippen LogP contribution in [0.4, 0.5) is 13.2 Å². The van der Waals surface area contributed by atoms with Crippen LogP contribution in [0.1, 0.15) is 34.5 Å². The topological polar surface area (TPSA) is 91.2 Å². The van der Waals surface area contributed by atoms with Crippen LogP contribution >= 0.6 is 0 Å². The van der Waals surface area contributed by atoms with Crippen LogP contribution in [-0.2, 0) is 11.3 Å². The standard InChI is InChI=1S/C22H24F3N5O3/c1-14-8-16(10-28-21(14)33-13-22(23,24)25)11-30-12-17-18(29-30)2-5-26-19(17)20(31)27-9-15-3-6-32-7-4-15/h2,5,8,10,12,15H,3-4,6-7,9,11,13H2,1H3,(H,27,31). The van der Waals surface area contributed by atoms with Crippen LogP contribution in [0.15, 0.2) is 30.7 Å². The zero-order valence-corrected chi connectivity index (χ0v) is 18.1. The van der Waals surface area contributed by atoms with Crippen LogP contribution in [0, 0.1) is 12.8 Å². The van der Waals surface area contributed by atoms with Crippen molar-refractivity contribution in [1.82, 2.24) is 25.1 Å². The highest BCUT2D eigenvalue weighted by Gasteiger charge is 2.29. The number of carbonyl (C=O) groups is 1. The number of hydrogen-bond donors (Lipinski definition) is 1. The first kappa shape index (κ1) is 23.0. The molecule has 11 heteroatoms. The third-order valence-electron chi connectivity index (χ3n) is 5.39. The molecule has 0 aromatic carbocycles. The molecule has 0 atom stereocenters. The minimum Gasteiger partial charge on any atom is -0.468 e. The van der Waals surface area contributed by atoms with Gasteiger partial charge in [0.1, 0.15) is 5.69 Å². The van der Waals surface area contributed by atoms with Gasteiger partial charge in [0.15, 0.2) is 6.61 Å². The van der Waals surface area contributed by atoms with E-state index in [0.717, 1.165) is 18.4 Å². The maximum atomic E-state index is 12.7. The number of aryl methyl sites for hydroxylation is 1. The molecule has 3 aromatic heterocycles. The Balaban J connectivity index is 1.45. The van der Waals surface area contributed by atoms with E-state index in [4.69, 9.17) is 9.47 Å². The van der Waals surface area contributed by atoms with Crippen molar-refractivity contribution >= 4 is 16.8 Å². The number of fused-ring (bicyclic) bond motifs is 1. The molecule has 0 radical (unpaired) electrons. The summed E-state index contributed by atoms with van der Waals surface area (Å²) in [4.78, 5) is 21.0. The van der Waals surface area contributed by atoms with Crippen LogP contribution in [0.2, 0.25) is 0 Å². The minimum absolute atomic E-state index is 0.0608. The Labute approximate surface area is 188 Å². The number of hydrogen-bond acceptors (Lipinski definition) is 6. The van der Waals surface area contributed by atoms with Crippen LogP contribution in [-0.4, -0.2) is 58.2 Å². The lowest BCUT2D eigenvalue weighted by Gasteiger charge is -2.22. The number of aromatic nitrogens is 4. The highest BCUT2D eigenvalue weighted by atomic mass is 19.4. The van der Waals surface area contributed by atoms with E-state index in [0.29, 0.717) is 54.4 Å². The third-order valence-corrected chi connectivity index (χ3v) is 5.39. The van der Waals surface area contributed by atoms with Gasteiger partial charge in [-0.25, -0.2) is 4.98 Å². The van der Waals surface area contributed by atoms with Gasteiger partial charge < -0.3 is 14.8 Å². The molecule has 0 saturated carbocycles. The molecule has 3 aromatic rings. The third kappa shape index (κ3) is 5.98. The van der Waals surface area contributed by atoms with Gasteiger partial charge in [0, 0.05) is 43.9 Å². The second-order valence-electron chi connectivity index (χ2n) is 8.05. The van der Waals surface area contributed by atoms with E-state index in [2.05, 4.69) is 20.4 Å². The number of halogens is 3. The molecule has 0 spiro atoms. The summed E-state index contributed by atoms with van der Waals surface area (Å²) in [5.74, 6) is 0.0770. The molecule has 1 amide bonds. The molecule has 0 unspecified atom stereocenters. The van der Waals surface area contributed by atoms with Crippen LogP contribution in [0.5, 0.6) is 5.88 Å². The number of nitrogens with zero attached hydrogens (tertiary/aromatic N) is 4. The summed E-state index contributed by atoms with van der Waals surface area (Å²) in [6.45, 7) is 2.56. The number of amides is 1. The zero-order valence-electron chi connectivity index (χ0n) is 18.1. The van der Waals surface area contributed by atoms with Crippen molar-refractivity contribution in [1.29, 1.82) is 0 Å². The van der Waals surface area contributed by atoms with E-state index >= 15 is 0 Å². The summed E-state index contributed by atoms with van der Waals surface area (Å²) in [6.07, 6.45) is 2.14. The van der Waals surface area contributed by atoms with Gasteiger partial charge in [0.2, 0.25) is 5.88 Å². The van der Waals surface area contributed by atoms with Gasteiger partial charge in [0.05, 0.1) is 17.4 Å². The number of ether oxygens (including phenoxy) is 2. The summed E-state index contributed by atoms with van der Waals surface area (Å²) in [7, 11) is 0. The second kappa shape index (κ2) is 9.74. The fraction of sp³-hybridized carbons (Fsp3) is 0.455. The number of carbonyl (C=O) groups excluding carboxylic acids is 1. The average Bonchev–Trinajstić information content (AvgIpc) is 3.19. The lowest BCUT2D eigenvalue weighted by atomic mass is 10.0. The maximum Gasteiger partial charge on any atom is 0.422 e. The molecule has 8 nitrogen and oxygen atoms in total. The summed E-state index contributed by atoms with van der Waals surface area (Å²) < 4.78 is 48.9. The Morgan fingerprint density at radius 2 is 2.09 bits per heavy atom. The molecule has 4 heterocycles. The Morgan fingerprint density at radius 3 is 2.82 bits per heavy atom. The average molecular weight is 463 g/mol. The van der Waals surface area contributed by atoms with E-state index in [9.17, 15) is 18.0 Å². The van der Waals surface area contributed by atoms with Gasteiger partial charge in [-0.15, -0.1) is 0 Å². The molecular formula is C22H24F3N5O3. The molecule has 1 aliphatic rings. The van der Waals surface area contributed by atoms with Gasteiger partial charge in [-0.2, -0.15) is 18.3 Å². The molecule has 1 N–H and O–H groups in total. The maximum absolute atomic E-state index is 12.7. The fourth-order valence-corrected chi connectivity index (χ4v) is 3.72. The quantitative estimate of drug-likeness (QED) is 0.578. The van der Waals surface area contributed by atoms with Crippen LogP contribution in [0.3, 0.4) is 0 Å². The van der Waals surface area contributed by atoms with Crippen molar-refractivity contribution in [2.75, 3.05) is 26.4 Å². The highest BCUT2D eigenvalue weighted by Crippen LogP contribution is 2.22. The van der Waals surface area contributed by atoms with Crippen molar-refractivity contribution in [2.24, 2.45) is 5.92 Å². The van der Waals surface area contributed by atoms with Crippen molar-refractivity contribution in [3.8, 4) is 5.88 Å². The zero-order chi connectivity index (χ0) is 23.4. The Kier molecular flexibility index (Phi) is 6.77. The predicted molar refractivity (Wildman–Crippen MR) is 113 cm³/mol. The van der Waals surface area contributed by atoms with Crippen molar-refractivity contribution in [3.63, 3.8) is 0 Å².